The lowest BCUT2D eigenvalue weighted by atomic mass is 9.76. The van der Waals surface area contributed by atoms with E-state index in [1.807, 2.05) is 52.0 Å². The summed E-state index contributed by atoms with van der Waals surface area (Å²) in [6, 6.07) is 12.2. The molecule has 5 nitrogen and oxygen atoms in total. The molecule has 2 aromatic rings. The molecule has 0 bridgehead atoms. The van der Waals surface area contributed by atoms with E-state index in [-0.39, 0.29) is 18.4 Å². The third-order valence-electron chi connectivity index (χ3n) is 6.00. The van der Waals surface area contributed by atoms with Gasteiger partial charge in [-0.1, -0.05) is 18.2 Å². The lowest BCUT2D eigenvalue weighted by Gasteiger charge is -2.32. The molecule has 0 aromatic heterocycles. The van der Waals surface area contributed by atoms with Crippen LogP contribution in [0.3, 0.4) is 0 Å². The first-order valence-corrected chi connectivity index (χ1v) is 10.5. The first-order chi connectivity index (χ1) is 14.6. The second-order valence-corrected chi connectivity index (χ2v) is 8.79. The van der Waals surface area contributed by atoms with Crippen LogP contribution in [0.4, 0.5) is 4.39 Å². The van der Waals surface area contributed by atoms with Crippen molar-refractivity contribution in [1.82, 2.24) is 0 Å². The predicted octanol–water partition coefficient (Wildman–Crippen LogP) is 4.20. The van der Waals surface area contributed by atoms with E-state index >= 15 is 0 Å². The zero-order valence-electron chi connectivity index (χ0n) is 18.9. The molecule has 1 aliphatic rings. The highest BCUT2D eigenvalue weighted by atomic mass is 19.1. The summed E-state index contributed by atoms with van der Waals surface area (Å²) in [6.07, 6.45) is 1.91. The van der Waals surface area contributed by atoms with Gasteiger partial charge in [0.15, 0.2) is 0 Å². The lowest BCUT2D eigenvalue weighted by Crippen LogP contribution is -2.41. The number of hydrogen-bond donors (Lipinski definition) is 0. The summed E-state index contributed by atoms with van der Waals surface area (Å²) in [5.41, 5.74) is 1.60. The van der Waals surface area contributed by atoms with Crippen molar-refractivity contribution in [1.29, 1.82) is 0 Å². The van der Waals surface area contributed by atoms with Crippen LogP contribution < -0.4 is 10.2 Å². The summed E-state index contributed by atoms with van der Waals surface area (Å²) in [5.74, 6) is 0.147. The molecule has 0 amide bonds. The predicted molar refractivity (Wildman–Crippen MR) is 118 cm³/mol. The molecule has 1 saturated heterocycles. The Balaban J connectivity index is 1.64. The number of halogens is 1. The highest BCUT2D eigenvalue weighted by Crippen LogP contribution is 2.36. The number of carbonyl (C=O) groups excluding carboxylic acids is 1. The van der Waals surface area contributed by atoms with Gasteiger partial charge in [0.05, 0.1) is 18.3 Å². The monoisotopic (exact) mass is 428 g/mol. The van der Waals surface area contributed by atoms with Crippen molar-refractivity contribution in [3.63, 3.8) is 0 Å². The van der Waals surface area contributed by atoms with Crippen molar-refractivity contribution < 1.29 is 28.0 Å². The van der Waals surface area contributed by atoms with E-state index in [2.05, 4.69) is 4.74 Å². The summed E-state index contributed by atoms with van der Waals surface area (Å²) in [4.78, 5) is 11.2. The molecule has 0 aliphatic carbocycles. The molecule has 1 aliphatic heterocycles. The maximum atomic E-state index is 13.9. The molecule has 1 fully saturated rings. The Morgan fingerprint density at radius 3 is 2.29 bits per heavy atom. The standard InChI is InChI=1S/C24H30BFO5/c1-23(2)24(3,4)31-25(30-23)21-14-11-19(26)15-18(21)16-29-20-12-9-17(10-13-20)7-6-8-22(27)28-5/h9-15H,6-8,16H2,1-5H3. The topological polar surface area (TPSA) is 54.0 Å². The highest BCUT2D eigenvalue weighted by molar-refractivity contribution is 6.62. The molecule has 0 saturated carbocycles. The van der Waals surface area contributed by atoms with Gasteiger partial charge in [0, 0.05) is 6.42 Å². The summed E-state index contributed by atoms with van der Waals surface area (Å²) >= 11 is 0. The van der Waals surface area contributed by atoms with Crippen LogP contribution in [0.25, 0.3) is 0 Å². The zero-order valence-corrected chi connectivity index (χ0v) is 18.9. The lowest BCUT2D eigenvalue weighted by molar-refractivity contribution is -0.140. The van der Waals surface area contributed by atoms with Crippen molar-refractivity contribution >= 4 is 18.6 Å². The largest absolute Gasteiger partial charge is 0.495 e. The average Bonchev–Trinajstić information content (AvgIpc) is 2.94. The average molecular weight is 428 g/mol. The third kappa shape index (κ3) is 5.66. The van der Waals surface area contributed by atoms with Crippen molar-refractivity contribution in [3.8, 4) is 5.75 Å². The van der Waals surface area contributed by atoms with Crippen LogP contribution in [-0.2, 0) is 31.9 Å². The third-order valence-corrected chi connectivity index (χ3v) is 6.00. The molecule has 3 rings (SSSR count). The van der Waals surface area contributed by atoms with Gasteiger partial charge in [-0.15, -0.1) is 0 Å². The summed E-state index contributed by atoms with van der Waals surface area (Å²) in [6.45, 7) is 8.14. The maximum absolute atomic E-state index is 13.9. The van der Waals surface area contributed by atoms with Crippen LogP contribution in [0.5, 0.6) is 5.75 Å². The highest BCUT2D eigenvalue weighted by Gasteiger charge is 2.52. The molecule has 0 spiro atoms. The van der Waals surface area contributed by atoms with Crippen molar-refractivity contribution in [2.45, 2.75) is 64.8 Å². The zero-order chi connectivity index (χ0) is 22.6. The smallest absolute Gasteiger partial charge is 0.489 e. The molecule has 1 heterocycles. The SMILES string of the molecule is COC(=O)CCCc1ccc(OCc2cc(F)ccc2B2OC(C)(C)C(C)(C)O2)cc1. The Hall–Kier alpha value is -2.38. The van der Waals surface area contributed by atoms with Gasteiger partial charge in [-0.2, -0.15) is 0 Å². The Morgan fingerprint density at radius 1 is 1.03 bits per heavy atom. The summed E-state index contributed by atoms with van der Waals surface area (Å²) in [5, 5.41) is 0. The van der Waals surface area contributed by atoms with Gasteiger partial charge >= 0.3 is 13.1 Å². The van der Waals surface area contributed by atoms with Crippen LogP contribution in [0.15, 0.2) is 42.5 Å². The van der Waals surface area contributed by atoms with E-state index in [0.29, 0.717) is 17.7 Å². The van der Waals surface area contributed by atoms with Crippen LogP contribution in [0.2, 0.25) is 0 Å². The number of methoxy groups -OCH3 is 1. The van der Waals surface area contributed by atoms with Crippen LogP contribution in [0, 0.1) is 5.82 Å². The van der Waals surface area contributed by atoms with Crippen LogP contribution >= 0.6 is 0 Å². The summed E-state index contributed by atoms with van der Waals surface area (Å²) < 4.78 is 36.8. The van der Waals surface area contributed by atoms with Gasteiger partial charge < -0.3 is 18.8 Å². The van der Waals surface area contributed by atoms with Crippen molar-refractivity contribution in [2.75, 3.05) is 7.11 Å². The number of esters is 1. The fourth-order valence-electron chi connectivity index (χ4n) is 3.35. The fraction of sp³-hybridized carbons (Fsp3) is 0.458. The van der Waals surface area contributed by atoms with Gasteiger partial charge in [-0.3, -0.25) is 4.79 Å². The number of benzene rings is 2. The minimum absolute atomic E-state index is 0.193. The molecule has 2 aromatic carbocycles. The van der Waals surface area contributed by atoms with Gasteiger partial charge in [0.1, 0.15) is 18.2 Å². The van der Waals surface area contributed by atoms with Crippen molar-refractivity contribution in [3.05, 3.63) is 59.4 Å². The van der Waals surface area contributed by atoms with E-state index in [0.717, 1.165) is 23.9 Å². The number of aryl methyl sites for hydroxylation is 1. The molecule has 0 atom stereocenters. The van der Waals surface area contributed by atoms with Crippen molar-refractivity contribution in [2.24, 2.45) is 0 Å². The Bertz CT molecular complexity index is 895. The Kier molecular flexibility index (Phi) is 7.07. The van der Waals surface area contributed by atoms with E-state index in [4.69, 9.17) is 14.0 Å². The molecule has 7 heteroatoms. The maximum Gasteiger partial charge on any atom is 0.495 e. The number of rotatable bonds is 8. The Morgan fingerprint density at radius 2 is 1.68 bits per heavy atom. The fourth-order valence-corrected chi connectivity index (χ4v) is 3.35. The molecule has 0 N–H and O–H groups in total. The van der Waals surface area contributed by atoms with E-state index in [1.165, 1.54) is 19.2 Å². The number of hydrogen-bond acceptors (Lipinski definition) is 5. The second-order valence-electron chi connectivity index (χ2n) is 8.79. The molecular formula is C24H30BFO5. The molecule has 166 valence electrons. The van der Waals surface area contributed by atoms with E-state index in [1.54, 1.807) is 6.07 Å². The molecule has 31 heavy (non-hydrogen) atoms. The minimum Gasteiger partial charge on any atom is -0.489 e. The number of carbonyl (C=O) groups is 1. The molecule has 0 radical (unpaired) electrons. The molecule has 0 unspecified atom stereocenters. The van der Waals surface area contributed by atoms with Gasteiger partial charge in [-0.05, 0) is 81.4 Å². The summed E-state index contributed by atoms with van der Waals surface area (Å²) in [7, 11) is 0.812. The van der Waals surface area contributed by atoms with E-state index < -0.39 is 18.3 Å². The van der Waals surface area contributed by atoms with Gasteiger partial charge in [0.25, 0.3) is 0 Å². The quantitative estimate of drug-likeness (QED) is 0.466. The van der Waals surface area contributed by atoms with Crippen LogP contribution in [-0.4, -0.2) is 31.4 Å². The first kappa shape index (κ1) is 23.3. The first-order valence-electron chi connectivity index (χ1n) is 10.5. The number of ether oxygens (including phenoxy) is 2. The van der Waals surface area contributed by atoms with E-state index in [9.17, 15) is 9.18 Å². The van der Waals surface area contributed by atoms with Gasteiger partial charge in [-0.25, -0.2) is 4.39 Å². The molecular weight excluding hydrogens is 398 g/mol. The normalized spacial score (nSPS) is 16.9. The second kappa shape index (κ2) is 9.41. The minimum atomic E-state index is -0.582. The van der Waals surface area contributed by atoms with Crippen LogP contribution in [0.1, 0.15) is 51.7 Å². The Labute approximate surface area is 184 Å². The van der Waals surface area contributed by atoms with Gasteiger partial charge in [0.2, 0.25) is 0 Å².